The summed E-state index contributed by atoms with van der Waals surface area (Å²) in [6, 6.07) is 6.90. The third-order valence-corrected chi connectivity index (χ3v) is 4.82. The van der Waals surface area contributed by atoms with Gasteiger partial charge in [-0.25, -0.2) is 4.79 Å². The van der Waals surface area contributed by atoms with Crippen molar-refractivity contribution >= 4 is 17.7 Å². The molecule has 2 heterocycles. The Balaban J connectivity index is 1.54. The second-order valence-corrected chi connectivity index (χ2v) is 6.94. The monoisotopic (exact) mass is 348 g/mol. The summed E-state index contributed by atoms with van der Waals surface area (Å²) in [5.74, 6) is -0.197. The number of carboxylic acids is 1. The number of amides is 2. The molecule has 2 aliphatic heterocycles. The second kappa shape index (κ2) is 7.31. The van der Waals surface area contributed by atoms with Crippen LogP contribution in [0.1, 0.15) is 26.2 Å². The number of ether oxygens (including phenoxy) is 2. The molecular weight excluding hydrogens is 324 g/mol. The summed E-state index contributed by atoms with van der Waals surface area (Å²) in [5.41, 5.74) is -0.248. The molecule has 7 nitrogen and oxygen atoms in total. The highest BCUT2D eigenvalue weighted by atomic mass is 16.5. The molecule has 0 bridgehead atoms. The molecule has 2 aliphatic rings. The average Bonchev–Trinajstić information content (AvgIpc) is 3.23. The van der Waals surface area contributed by atoms with Gasteiger partial charge in [-0.3, -0.25) is 4.79 Å². The molecule has 1 aromatic carbocycles. The summed E-state index contributed by atoms with van der Waals surface area (Å²) in [6.45, 7) is 3.60. The first kappa shape index (κ1) is 17.5. The molecule has 0 radical (unpaired) electrons. The minimum Gasteiger partial charge on any atom is -0.491 e. The van der Waals surface area contributed by atoms with Crippen LogP contribution in [0.5, 0.6) is 5.75 Å². The Morgan fingerprint density at radius 3 is 3.00 bits per heavy atom. The number of hydrogen-bond donors (Lipinski definition) is 2. The van der Waals surface area contributed by atoms with Gasteiger partial charge < -0.3 is 24.8 Å². The normalized spacial score (nSPS) is 25.8. The molecule has 136 valence electrons. The van der Waals surface area contributed by atoms with E-state index in [1.54, 1.807) is 19.1 Å². The maximum atomic E-state index is 12.4. The van der Waals surface area contributed by atoms with Crippen LogP contribution in [0.15, 0.2) is 24.3 Å². The predicted molar refractivity (Wildman–Crippen MR) is 91.9 cm³/mol. The third kappa shape index (κ3) is 4.22. The lowest BCUT2D eigenvalue weighted by Gasteiger charge is -2.20. The lowest BCUT2D eigenvalue weighted by Crippen LogP contribution is -2.37. The van der Waals surface area contributed by atoms with Crippen molar-refractivity contribution in [3.63, 3.8) is 0 Å². The van der Waals surface area contributed by atoms with E-state index in [1.807, 2.05) is 12.1 Å². The van der Waals surface area contributed by atoms with Crippen LogP contribution >= 0.6 is 0 Å². The van der Waals surface area contributed by atoms with Gasteiger partial charge in [0.05, 0.1) is 11.5 Å². The highest BCUT2D eigenvalue weighted by Crippen LogP contribution is 2.30. The van der Waals surface area contributed by atoms with Gasteiger partial charge >= 0.3 is 12.0 Å². The van der Waals surface area contributed by atoms with Crippen molar-refractivity contribution in [3.05, 3.63) is 24.3 Å². The lowest BCUT2D eigenvalue weighted by atomic mass is 9.90. The zero-order valence-corrected chi connectivity index (χ0v) is 14.4. The van der Waals surface area contributed by atoms with Gasteiger partial charge in [0.25, 0.3) is 0 Å². The second-order valence-electron chi connectivity index (χ2n) is 6.94. The Morgan fingerprint density at radius 2 is 2.32 bits per heavy atom. The largest absolute Gasteiger partial charge is 0.491 e. The van der Waals surface area contributed by atoms with E-state index in [2.05, 4.69) is 5.32 Å². The molecule has 3 rings (SSSR count). The van der Waals surface area contributed by atoms with Gasteiger partial charge in [0, 0.05) is 31.5 Å². The fraction of sp³-hybridized carbons (Fsp3) is 0.556. The highest BCUT2D eigenvalue weighted by molar-refractivity contribution is 5.90. The number of rotatable bonds is 5. The zero-order valence-electron chi connectivity index (χ0n) is 14.4. The van der Waals surface area contributed by atoms with Crippen LogP contribution in [0, 0.1) is 5.41 Å². The van der Waals surface area contributed by atoms with Gasteiger partial charge in [-0.2, -0.15) is 0 Å². The number of nitrogens with one attached hydrogen (secondary N) is 1. The first-order chi connectivity index (χ1) is 12.0. The van der Waals surface area contributed by atoms with Gasteiger partial charge in [-0.1, -0.05) is 6.07 Å². The lowest BCUT2D eigenvalue weighted by molar-refractivity contribution is -0.146. The van der Waals surface area contributed by atoms with Crippen molar-refractivity contribution in [1.82, 2.24) is 4.90 Å². The average molecular weight is 348 g/mol. The number of urea groups is 1. The minimum atomic E-state index is -0.871. The molecule has 0 aliphatic carbocycles. The molecular formula is C18H24N2O5. The van der Waals surface area contributed by atoms with Crippen LogP contribution in [0.2, 0.25) is 0 Å². The summed E-state index contributed by atoms with van der Waals surface area (Å²) in [6.07, 6.45) is 2.67. The van der Waals surface area contributed by atoms with Gasteiger partial charge in [0.15, 0.2) is 0 Å². The maximum Gasteiger partial charge on any atom is 0.321 e. The van der Waals surface area contributed by atoms with Crippen molar-refractivity contribution < 1.29 is 24.2 Å². The number of likely N-dealkylation sites (tertiary alicyclic amines) is 1. The summed E-state index contributed by atoms with van der Waals surface area (Å²) in [7, 11) is 0. The summed E-state index contributed by atoms with van der Waals surface area (Å²) in [5, 5.41) is 12.1. The van der Waals surface area contributed by atoms with Crippen molar-refractivity contribution in [2.45, 2.75) is 32.3 Å². The molecule has 0 spiro atoms. The summed E-state index contributed by atoms with van der Waals surface area (Å²) < 4.78 is 11.3. The Hall–Kier alpha value is -2.28. The van der Waals surface area contributed by atoms with E-state index < -0.39 is 11.4 Å². The number of nitrogens with zero attached hydrogens (tertiary/aromatic N) is 1. The van der Waals surface area contributed by atoms with Gasteiger partial charge in [-0.05, 0) is 38.3 Å². The molecule has 0 aromatic heterocycles. The van der Waals surface area contributed by atoms with Crippen molar-refractivity contribution in [2.75, 3.05) is 31.6 Å². The number of anilines is 1. The van der Waals surface area contributed by atoms with Crippen LogP contribution in [0.3, 0.4) is 0 Å². The fourth-order valence-corrected chi connectivity index (χ4v) is 3.14. The quantitative estimate of drug-likeness (QED) is 0.854. The van der Waals surface area contributed by atoms with E-state index in [0.29, 0.717) is 31.0 Å². The molecule has 25 heavy (non-hydrogen) atoms. The maximum absolute atomic E-state index is 12.4. The minimum absolute atomic E-state index is 0.136. The molecule has 2 amide bonds. The molecule has 2 atom stereocenters. The van der Waals surface area contributed by atoms with Crippen LogP contribution in [0.25, 0.3) is 0 Å². The van der Waals surface area contributed by atoms with E-state index in [9.17, 15) is 14.7 Å². The Labute approximate surface area is 146 Å². The number of benzene rings is 1. The fourth-order valence-electron chi connectivity index (χ4n) is 3.14. The molecule has 2 unspecified atom stereocenters. The van der Waals surface area contributed by atoms with Crippen molar-refractivity contribution in [3.8, 4) is 5.75 Å². The summed E-state index contributed by atoms with van der Waals surface area (Å²) >= 11 is 0. The van der Waals surface area contributed by atoms with Crippen LogP contribution in [-0.4, -0.2) is 54.4 Å². The Bertz CT molecular complexity index is 644. The smallest absolute Gasteiger partial charge is 0.321 e. The number of carboxylic acid groups (broad SMARTS) is 1. The molecule has 1 aromatic rings. The van der Waals surface area contributed by atoms with E-state index in [-0.39, 0.29) is 18.7 Å². The zero-order chi connectivity index (χ0) is 17.9. The first-order valence-corrected chi connectivity index (χ1v) is 8.60. The molecule has 0 saturated carbocycles. The molecule has 2 N–H and O–H groups in total. The van der Waals surface area contributed by atoms with E-state index in [0.717, 1.165) is 19.4 Å². The number of aliphatic carboxylic acids is 1. The number of carbonyl (C=O) groups is 2. The SMILES string of the molecule is CC1(C(=O)O)CCN(C(=O)Nc2cccc(OCC3CCCO3)c2)C1. The van der Waals surface area contributed by atoms with E-state index >= 15 is 0 Å². The highest BCUT2D eigenvalue weighted by Gasteiger charge is 2.42. The van der Waals surface area contributed by atoms with Gasteiger partial charge in [-0.15, -0.1) is 0 Å². The van der Waals surface area contributed by atoms with Crippen LogP contribution < -0.4 is 10.1 Å². The Kier molecular flexibility index (Phi) is 5.13. The van der Waals surface area contributed by atoms with E-state index in [4.69, 9.17) is 9.47 Å². The first-order valence-electron chi connectivity index (χ1n) is 8.60. The Morgan fingerprint density at radius 1 is 1.48 bits per heavy atom. The van der Waals surface area contributed by atoms with Crippen LogP contribution in [-0.2, 0) is 9.53 Å². The predicted octanol–water partition coefficient (Wildman–Crippen LogP) is 2.57. The third-order valence-electron chi connectivity index (χ3n) is 4.82. The van der Waals surface area contributed by atoms with Gasteiger partial charge in [0.1, 0.15) is 12.4 Å². The van der Waals surface area contributed by atoms with Crippen molar-refractivity contribution in [2.24, 2.45) is 5.41 Å². The molecule has 7 heteroatoms. The standard InChI is InChI=1S/C18H24N2O5/c1-18(16(21)22)7-8-20(12-18)17(23)19-13-4-2-5-14(10-13)25-11-15-6-3-9-24-15/h2,4-5,10,15H,3,6-9,11-12H2,1H3,(H,19,23)(H,21,22). The van der Waals surface area contributed by atoms with E-state index in [1.165, 1.54) is 4.90 Å². The number of hydrogen-bond acceptors (Lipinski definition) is 4. The van der Waals surface area contributed by atoms with Crippen molar-refractivity contribution in [1.29, 1.82) is 0 Å². The molecule has 2 fully saturated rings. The van der Waals surface area contributed by atoms with Gasteiger partial charge in [0.2, 0.25) is 0 Å². The van der Waals surface area contributed by atoms with Crippen LogP contribution in [0.4, 0.5) is 10.5 Å². The number of carbonyl (C=O) groups excluding carboxylic acids is 1. The topological polar surface area (TPSA) is 88.1 Å². The summed E-state index contributed by atoms with van der Waals surface area (Å²) in [4.78, 5) is 25.2. The molecule has 2 saturated heterocycles.